The molecule has 0 saturated carbocycles. The van der Waals surface area contributed by atoms with Crippen LogP contribution in [0.2, 0.25) is 0 Å². The average Bonchev–Trinajstić information content (AvgIpc) is 1.99. The van der Waals surface area contributed by atoms with Gasteiger partial charge in [-0.1, -0.05) is 20.8 Å². The van der Waals surface area contributed by atoms with E-state index in [9.17, 15) is 0 Å². The predicted molar refractivity (Wildman–Crippen MR) is 55.7 cm³/mol. The van der Waals surface area contributed by atoms with E-state index in [0.29, 0.717) is 18.4 Å². The van der Waals surface area contributed by atoms with Gasteiger partial charge >= 0.3 is 0 Å². The van der Waals surface area contributed by atoms with Crippen LogP contribution in [0.4, 0.5) is 0 Å². The summed E-state index contributed by atoms with van der Waals surface area (Å²) in [6, 6.07) is 0. The summed E-state index contributed by atoms with van der Waals surface area (Å²) < 4.78 is 5.66. The first-order valence-corrected chi connectivity index (χ1v) is 5.09. The molecule has 0 bridgehead atoms. The molecule has 0 heterocycles. The van der Waals surface area contributed by atoms with E-state index < -0.39 is 0 Å². The van der Waals surface area contributed by atoms with Crippen molar-refractivity contribution >= 4 is 0 Å². The Morgan fingerprint density at radius 2 is 1.62 bits per heavy atom. The quantitative estimate of drug-likeness (QED) is 0.718. The lowest BCUT2D eigenvalue weighted by atomic mass is 9.83. The molecule has 0 saturated heterocycles. The first-order valence-electron chi connectivity index (χ1n) is 5.09. The first kappa shape index (κ1) is 12.9. The number of hydrogen-bond donors (Lipinski definition) is 1. The summed E-state index contributed by atoms with van der Waals surface area (Å²) in [4.78, 5) is 0. The van der Waals surface area contributed by atoms with Crippen molar-refractivity contribution in [2.75, 3.05) is 6.61 Å². The van der Waals surface area contributed by atoms with E-state index in [4.69, 9.17) is 9.84 Å². The van der Waals surface area contributed by atoms with Crippen LogP contribution in [0.3, 0.4) is 0 Å². The maximum Gasteiger partial charge on any atom is 0.0745 e. The van der Waals surface area contributed by atoms with Crippen molar-refractivity contribution in [2.45, 2.75) is 53.2 Å². The minimum atomic E-state index is -0.376. The highest BCUT2D eigenvalue weighted by molar-refractivity contribution is 4.78. The molecule has 13 heavy (non-hydrogen) atoms. The van der Waals surface area contributed by atoms with Crippen molar-refractivity contribution < 1.29 is 9.84 Å². The third-order valence-electron chi connectivity index (χ3n) is 2.79. The number of aliphatic hydroxyl groups excluding tert-OH is 1. The van der Waals surface area contributed by atoms with Crippen LogP contribution < -0.4 is 0 Å². The van der Waals surface area contributed by atoms with Gasteiger partial charge < -0.3 is 9.84 Å². The zero-order chi connectivity index (χ0) is 10.6. The van der Waals surface area contributed by atoms with E-state index in [1.54, 1.807) is 6.92 Å². The smallest absolute Gasteiger partial charge is 0.0745 e. The number of aliphatic hydroxyl groups is 1. The molecule has 0 aromatic carbocycles. The Kier molecular flexibility index (Phi) is 4.93. The molecule has 0 aliphatic carbocycles. The van der Waals surface area contributed by atoms with Crippen molar-refractivity contribution in [1.29, 1.82) is 0 Å². The lowest BCUT2D eigenvalue weighted by Gasteiger charge is -2.35. The molecule has 0 aromatic heterocycles. The van der Waals surface area contributed by atoms with Crippen LogP contribution in [0, 0.1) is 11.8 Å². The Bertz CT molecular complexity index is 139. The van der Waals surface area contributed by atoms with Gasteiger partial charge in [-0.2, -0.15) is 0 Å². The van der Waals surface area contributed by atoms with Crippen LogP contribution in [0.15, 0.2) is 0 Å². The Morgan fingerprint density at radius 3 is 1.92 bits per heavy atom. The zero-order valence-electron chi connectivity index (χ0n) is 9.79. The fourth-order valence-electron chi connectivity index (χ4n) is 1.27. The highest BCUT2D eigenvalue weighted by Crippen LogP contribution is 2.27. The summed E-state index contributed by atoms with van der Waals surface area (Å²) in [7, 11) is 0. The molecule has 0 fully saturated rings. The first-order chi connectivity index (χ1) is 5.77. The van der Waals surface area contributed by atoms with Crippen LogP contribution in [0.5, 0.6) is 0 Å². The van der Waals surface area contributed by atoms with E-state index in [1.807, 2.05) is 0 Å². The van der Waals surface area contributed by atoms with Gasteiger partial charge in [-0.05, 0) is 32.6 Å². The molecule has 2 nitrogen and oxygen atoms in total. The van der Waals surface area contributed by atoms with E-state index in [2.05, 4.69) is 34.6 Å². The fourth-order valence-corrected chi connectivity index (χ4v) is 1.27. The number of ether oxygens (including phenoxy) is 1. The summed E-state index contributed by atoms with van der Waals surface area (Å²) in [5.41, 5.74) is -0.148. The van der Waals surface area contributed by atoms with Gasteiger partial charge in [0, 0.05) is 0 Å². The molecule has 0 amide bonds. The van der Waals surface area contributed by atoms with Crippen molar-refractivity contribution in [2.24, 2.45) is 11.8 Å². The summed E-state index contributed by atoms with van der Waals surface area (Å²) in [6.45, 7) is 12.9. The maximum absolute atomic E-state index is 9.11. The van der Waals surface area contributed by atoms with Crippen LogP contribution in [0.1, 0.15) is 41.5 Å². The van der Waals surface area contributed by atoms with Crippen LogP contribution in [-0.4, -0.2) is 23.4 Å². The molecule has 2 atom stereocenters. The normalized spacial score (nSPS) is 17.5. The minimum absolute atomic E-state index is 0.148. The zero-order valence-corrected chi connectivity index (χ0v) is 9.79. The van der Waals surface area contributed by atoms with E-state index >= 15 is 0 Å². The number of rotatable bonds is 5. The van der Waals surface area contributed by atoms with Gasteiger partial charge in [0.25, 0.3) is 0 Å². The van der Waals surface area contributed by atoms with Gasteiger partial charge in [0.15, 0.2) is 0 Å². The van der Waals surface area contributed by atoms with Gasteiger partial charge in [0.1, 0.15) is 0 Å². The predicted octanol–water partition coefficient (Wildman–Crippen LogP) is 2.45. The van der Waals surface area contributed by atoms with Gasteiger partial charge in [-0.15, -0.1) is 0 Å². The molecule has 2 unspecified atom stereocenters. The Balaban J connectivity index is 4.06. The summed E-state index contributed by atoms with van der Waals surface area (Å²) in [6.07, 6.45) is -0.376. The van der Waals surface area contributed by atoms with Gasteiger partial charge in [-0.3, -0.25) is 0 Å². The monoisotopic (exact) mass is 188 g/mol. The lowest BCUT2D eigenvalue weighted by molar-refractivity contribution is -0.0931. The van der Waals surface area contributed by atoms with Crippen LogP contribution in [-0.2, 0) is 4.74 Å². The molecule has 0 aliphatic rings. The largest absolute Gasteiger partial charge is 0.391 e. The molecule has 1 N–H and O–H groups in total. The Hall–Kier alpha value is -0.0800. The van der Waals surface area contributed by atoms with Gasteiger partial charge in [0.05, 0.1) is 18.3 Å². The van der Waals surface area contributed by atoms with Crippen molar-refractivity contribution in [1.82, 2.24) is 0 Å². The third kappa shape index (κ3) is 4.63. The molecule has 0 radical (unpaired) electrons. The molecular weight excluding hydrogens is 164 g/mol. The maximum atomic E-state index is 9.11. The Morgan fingerprint density at radius 1 is 1.15 bits per heavy atom. The van der Waals surface area contributed by atoms with E-state index in [0.717, 1.165) is 0 Å². The minimum Gasteiger partial charge on any atom is -0.391 e. The molecule has 0 aliphatic heterocycles. The molecule has 0 aromatic rings. The average molecular weight is 188 g/mol. The van der Waals surface area contributed by atoms with Crippen LogP contribution >= 0.6 is 0 Å². The number of hydrogen-bond acceptors (Lipinski definition) is 2. The molecule has 0 spiro atoms. The van der Waals surface area contributed by atoms with E-state index in [-0.39, 0.29) is 11.7 Å². The second-order valence-corrected chi connectivity index (χ2v) is 4.80. The molecule has 2 heteroatoms. The van der Waals surface area contributed by atoms with Crippen LogP contribution in [0.25, 0.3) is 0 Å². The fraction of sp³-hybridized carbons (Fsp3) is 1.00. The third-order valence-corrected chi connectivity index (χ3v) is 2.79. The summed E-state index contributed by atoms with van der Waals surface area (Å²) in [5.74, 6) is 1.09. The SMILES string of the molecule is CC(O)COC(C)(C)C(C)C(C)C. The molecule has 80 valence electrons. The second-order valence-electron chi connectivity index (χ2n) is 4.80. The highest BCUT2D eigenvalue weighted by atomic mass is 16.5. The molecular formula is C11H24O2. The summed E-state index contributed by atoms with van der Waals surface area (Å²) >= 11 is 0. The Labute approximate surface area is 82.3 Å². The lowest BCUT2D eigenvalue weighted by Crippen LogP contribution is -2.37. The topological polar surface area (TPSA) is 29.5 Å². The summed E-state index contributed by atoms with van der Waals surface area (Å²) in [5, 5.41) is 9.11. The second kappa shape index (κ2) is 4.97. The van der Waals surface area contributed by atoms with Gasteiger partial charge in [-0.25, -0.2) is 0 Å². The van der Waals surface area contributed by atoms with Crippen molar-refractivity contribution in [3.05, 3.63) is 0 Å². The standard InChI is InChI=1S/C11H24O2/c1-8(2)10(4)11(5,6)13-7-9(3)12/h8-10,12H,7H2,1-6H3. The van der Waals surface area contributed by atoms with Crippen molar-refractivity contribution in [3.8, 4) is 0 Å². The molecule has 0 rings (SSSR count). The van der Waals surface area contributed by atoms with Gasteiger partial charge in [0.2, 0.25) is 0 Å². The van der Waals surface area contributed by atoms with E-state index in [1.165, 1.54) is 0 Å². The highest BCUT2D eigenvalue weighted by Gasteiger charge is 2.29. The van der Waals surface area contributed by atoms with Crippen molar-refractivity contribution in [3.63, 3.8) is 0 Å².